The second kappa shape index (κ2) is 12.0. The van der Waals surface area contributed by atoms with E-state index in [4.69, 9.17) is 14.2 Å². The van der Waals surface area contributed by atoms with Crippen LogP contribution in [0.1, 0.15) is 36.5 Å². The first-order valence-corrected chi connectivity index (χ1v) is 14.7. The van der Waals surface area contributed by atoms with Gasteiger partial charge in [0.25, 0.3) is 10.0 Å². The molecule has 2 aromatic carbocycles. The van der Waals surface area contributed by atoms with E-state index in [0.717, 1.165) is 22.4 Å². The van der Waals surface area contributed by atoms with Crippen molar-refractivity contribution in [1.82, 2.24) is 8.96 Å². The highest BCUT2D eigenvalue weighted by atomic mass is 32.2. The molecule has 3 heterocycles. The first kappa shape index (κ1) is 28.1. The van der Waals surface area contributed by atoms with Gasteiger partial charge < -0.3 is 14.2 Å². The van der Waals surface area contributed by atoms with Gasteiger partial charge in [0, 0.05) is 42.3 Å². The van der Waals surface area contributed by atoms with Crippen LogP contribution in [0.25, 0.3) is 28.2 Å². The summed E-state index contributed by atoms with van der Waals surface area (Å²) in [6, 6.07) is 15.8. The summed E-state index contributed by atoms with van der Waals surface area (Å²) in [6.45, 7) is 5.08. The zero-order valence-electron chi connectivity index (χ0n) is 22.7. The maximum absolute atomic E-state index is 13.7. The van der Waals surface area contributed by atoms with Gasteiger partial charge in [-0.05, 0) is 61.4 Å². The minimum Gasteiger partial charge on any atom is -0.489 e. The Labute approximate surface area is 238 Å². The molecule has 0 amide bonds. The van der Waals surface area contributed by atoms with E-state index in [1.807, 2.05) is 6.92 Å². The summed E-state index contributed by atoms with van der Waals surface area (Å²) >= 11 is 0. The fourth-order valence-corrected chi connectivity index (χ4v) is 5.96. The van der Waals surface area contributed by atoms with Gasteiger partial charge >= 0.3 is 5.97 Å². The topological polar surface area (TPSA) is 121 Å². The maximum Gasteiger partial charge on any atom is 0.330 e. The minimum absolute atomic E-state index is 0.0405. The van der Waals surface area contributed by atoms with E-state index < -0.39 is 16.0 Å². The van der Waals surface area contributed by atoms with Crippen LogP contribution in [-0.4, -0.2) is 49.3 Å². The molecule has 210 valence electrons. The first-order valence-electron chi connectivity index (χ1n) is 13.3. The molecule has 0 unspecified atom stereocenters. The molecule has 0 N–H and O–H groups in total. The van der Waals surface area contributed by atoms with Crippen molar-refractivity contribution in [2.75, 3.05) is 19.8 Å². The average molecular weight is 572 g/mol. The fraction of sp³-hybridized carbons (Fsp3) is 0.258. The summed E-state index contributed by atoms with van der Waals surface area (Å²) < 4.78 is 45.1. The monoisotopic (exact) mass is 571 g/mol. The lowest BCUT2D eigenvalue weighted by Gasteiger charge is -2.23. The molecule has 5 rings (SSSR count). The number of nitrogens with zero attached hydrogens (tertiary/aromatic N) is 3. The van der Waals surface area contributed by atoms with Gasteiger partial charge in [-0.1, -0.05) is 23.8 Å². The highest BCUT2D eigenvalue weighted by Gasteiger charge is 2.24. The number of aryl methyl sites for hydroxylation is 1. The van der Waals surface area contributed by atoms with Crippen LogP contribution in [0.2, 0.25) is 0 Å². The SMILES string of the molecule is CCOC(=O)/C=C/c1cnc2c(c1)c(-c1ccc(OC3CCOCC3)c(C#N)c1)cn2S(=O)(=O)c1ccc(C)cc1. The number of nitriles is 1. The van der Waals surface area contributed by atoms with Crippen LogP contribution in [0.15, 0.2) is 71.9 Å². The zero-order chi connectivity index (χ0) is 29.0. The number of hydrogen-bond donors (Lipinski definition) is 0. The van der Waals surface area contributed by atoms with Crippen LogP contribution in [0.4, 0.5) is 0 Å². The Morgan fingerprint density at radius 2 is 1.93 bits per heavy atom. The molecular formula is C31H29N3O6S. The van der Waals surface area contributed by atoms with E-state index in [1.54, 1.807) is 61.5 Å². The van der Waals surface area contributed by atoms with Crippen molar-refractivity contribution in [2.45, 2.75) is 37.7 Å². The second-order valence-electron chi connectivity index (χ2n) is 9.63. The van der Waals surface area contributed by atoms with Crippen LogP contribution in [0, 0.1) is 18.3 Å². The second-order valence-corrected chi connectivity index (χ2v) is 11.4. The quantitative estimate of drug-likeness (QED) is 0.208. The molecule has 0 radical (unpaired) electrons. The summed E-state index contributed by atoms with van der Waals surface area (Å²) in [4.78, 5) is 16.5. The first-order chi connectivity index (χ1) is 19.8. The molecule has 10 heteroatoms. The van der Waals surface area contributed by atoms with E-state index in [1.165, 1.54) is 18.5 Å². The van der Waals surface area contributed by atoms with Gasteiger partial charge in [0.1, 0.15) is 17.9 Å². The van der Waals surface area contributed by atoms with Gasteiger partial charge in [0.05, 0.1) is 30.3 Å². The normalized spacial score (nSPS) is 14.3. The van der Waals surface area contributed by atoms with Gasteiger partial charge in [0.2, 0.25) is 0 Å². The Morgan fingerprint density at radius 1 is 1.17 bits per heavy atom. The molecule has 0 bridgehead atoms. The van der Waals surface area contributed by atoms with Crippen LogP contribution in [-0.2, 0) is 24.3 Å². The van der Waals surface area contributed by atoms with E-state index in [2.05, 4.69) is 11.1 Å². The molecule has 0 aliphatic carbocycles. The minimum atomic E-state index is -4.00. The van der Waals surface area contributed by atoms with Crippen molar-refractivity contribution in [1.29, 1.82) is 5.26 Å². The van der Waals surface area contributed by atoms with E-state index >= 15 is 0 Å². The highest BCUT2D eigenvalue weighted by Crippen LogP contribution is 2.35. The number of aromatic nitrogens is 2. The summed E-state index contributed by atoms with van der Waals surface area (Å²) in [7, 11) is -4.00. The third kappa shape index (κ3) is 6.01. The van der Waals surface area contributed by atoms with E-state index in [9.17, 15) is 18.5 Å². The number of rotatable bonds is 8. The van der Waals surface area contributed by atoms with Gasteiger partial charge in [-0.2, -0.15) is 5.26 Å². The van der Waals surface area contributed by atoms with Gasteiger partial charge in [-0.3, -0.25) is 0 Å². The molecular weight excluding hydrogens is 542 g/mol. The average Bonchev–Trinajstić information content (AvgIpc) is 3.37. The predicted molar refractivity (Wildman–Crippen MR) is 154 cm³/mol. The third-order valence-electron chi connectivity index (χ3n) is 6.78. The number of esters is 1. The number of ether oxygens (including phenoxy) is 3. The summed E-state index contributed by atoms with van der Waals surface area (Å²) in [6.07, 6.45) is 7.31. The fourth-order valence-electron chi connectivity index (χ4n) is 4.64. The number of carbonyl (C=O) groups excluding carboxylic acids is 1. The highest BCUT2D eigenvalue weighted by molar-refractivity contribution is 7.90. The van der Waals surface area contributed by atoms with Gasteiger partial charge in [-0.15, -0.1) is 0 Å². The number of fused-ring (bicyclic) bond motifs is 1. The number of pyridine rings is 1. The Balaban J connectivity index is 1.62. The number of hydrogen-bond acceptors (Lipinski definition) is 8. The molecule has 4 aromatic rings. The van der Waals surface area contributed by atoms with Gasteiger partial charge in [0.15, 0.2) is 5.65 Å². The lowest BCUT2D eigenvalue weighted by Crippen LogP contribution is -2.26. The van der Waals surface area contributed by atoms with Crippen molar-refractivity contribution < 1.29 is 27.4 Å². The Hall–Kier alpha value is -4.46. The molecule has 1 aliphatic heterocycles. The predicted octanol–water partition coefficient (Wildman–Crippen LogP) is 5.25. The largest absolute Gasteiger partial charge is 0.489 e. The summed E-state index contributed by atoms with van der Waals surface area (Å²) in [5.74, 6) is -0.0264. The number of benzene rings is 2. The van der Waals surface area contributed by atoms with Gasteiger partial charge in [-0.25, -0.2) is 22.2 Å². The van der Waals surface area contributed by atoms with Crippen molar-refractivity contribution in [3.63, 3.8) is 0 Å². The van der Waals surface area contributed by atoms with Crippen LogP contribution < -0.4 is 4.74 Å². The number of carbonyl (C=O) groups is 1. The lowest BCUT2D eigenvalue weighted by atomic mass is 10.0. The van der Waals surface area contributed by atoms with Crippen molar-refractivity contribution in [2.24, 2.45) is 0 Å². The Bertz CT molecular complexity index is 1760. The Kier molecular flexibility index (Phi) is 8.19. The molecule has 0 spiro atoms. The summed E-state index contributed by atoms with van der Waals surface area (Å²) in [5.41, 5.74) is 3.25. The summed E-state index contributed by atoms with van der Waals surface area (Å²) in [5, 5.41) is 10.5. The third-order valence-corrected chi connectivity index (χ3v) is 8.45. The molecule has 1 fully saturated rings. The van der Waals surface area contributed by atoms with Crippen molar-refractivity contribution in [3.8, 4) is 22.9 Å². The van der Waals surface area contributed by atoms with Crippen LogP contribution >= 0.6 is 0 Å². The van der Waals surface area contributed by atoms with Crippen molar-refractivity contribution in [3.05, 3.63) is 83.7 Å². The van der Waals surface area contributed by atoms with Crippen molar-refractivity contribution >= 4 is 33.1 Å². The van der Waals surface area contributed by atoms with Crippen LogP contribution in [0.3, 0.4) is 0 Å². The molecule has 1 aliphatic rings. The lowest BCUT2D eigenvalue weighted by molar-refractivity contribution is -0.137. The maximum atomic E-state index is 13.7. The molecule has 0 atom stereocenters. The Morgan fingerprint density at radius 3 is 2.63 bits per heavy atom. The molecule has 41 heavy (non-hydrogen) atoms. The smallest absolute Gasteiger partial charge is 0.330 e. The van der Waals surface area contributed by atoms with E-state index in [0.29, 0.717) is 46.6 Å². The van der Waals surface area contributed by atoms with E-state index in [-0.39, 0.29) is 23.3 Å². The molecule has 0 saturated carbocycles. The molecule has 1 saturated heterocycles. The zero-order valence-corrected chi connectivity index (χ0v) is 23.6. The molecule has 2 aromatic heterocycles. The standard InChI is InChI=1S/C31H29N3O6S/c1-3-39-30(35)11-6-22-16-27-28(23-7-10-29(24(17-23)18-32)40-25-12-14-38-15-13-25)20-34(31(27)33-19-22)41(36,37)26-8-4-21(2)5-9-26/h4-11,16-17,19-20,25H,3,12-15H2,1-2H3/b11-6+. The van der Waals surface area contributed by atoms with Crippen LogP contribution in [0.5, 0.6) is 5.75 Å². The molecule has 9 nitrogen and oxygen atoms in total.